The first-order chi connectivity index (χ1) is 11.0. The molecular formula is C18H27O4P. The lowest BCUT2D eigenvalue weighted by Crippen LogP contribution is -2.32. The van der Waals surface area contributed by atoms with Gasteiger partial charge >= 0.3 is 5.97 Å². The number of rotatable bonds is 4. The minimum atomic E-state index is -0.641. The number of ether oxygens (including phenoxy) is 1. The van der Waals surface area contributed by atoms with Crippen LogP contribution in [-0.2, 0) is 14.1 Å². The van der Waals surface area contributed by atoms with Crippen molar-refractivity contribution in [1.29, 1.82) is 0 Å². The summed E-state index contributed by atoms with van der Waals surface area (Å²) in [6.07, 6.45) is 4.07. The highest BCUT2D eigenvalue weighted by molar-refractivity contribution is 7.00. The Hall–Kier alpha value is -1.41. The molecule has 5 heteroatoms. The lowest BCUT2D eigenvalue weighted by Gasteiger charge is -2.22. The van der Waals surface area contributed by atoms with Gasteiger partial charge in [-0.1, -0.05) is 30.5 Å². The van der Waals surface area contributed by atoms with E-state index >= 15 is 0 Å². The highest BCUT2D eigenvalue weighted by atomic mass is 31.0. The Bertz CT molecular complexity index is 553. The first-order valence-corrected chi connectivity index (χ1v) is 8.52. The second-order valence-electron chi connectivity index (χ2n) is 6.18. The summed E-state index contributed by atoms with van der Waals surface area (Å²) in [5.74, 6) is -0.960. The first-order valence-electron chi connectivity index (χ1n) is 7.94. The molecule has 1 aromatic rings. The van der Waals surface area contributed by atoms with E-state index in [1.165, 1.54) is 7.11 Å². The van der Waals surface area contributed by atoms with Crippen molar-refractivity contribution in [2.24, 2.45) is 11.8 Å². The summed E-state index contributed by atoms with van der Waals surface area (Å²) in [7, 11) is 1.98. The number of methoxy groups -OCH3 is 1. The molecule has 4 nitrogen and oxygen atoms in total. The molecule has 0 aromatic heterocycles. The Labute approximate surface area is 140 Å². The van der Waals surface area contributed by atoms with Crippen LogP contribution in [0.25, 0.3) is 0 Å². The zero-order chi connectivity index (χ0) is 17.6. The van der Waals surface area contributed by atoms with Gasteiger partial charge in [0.1, 0.15) is 5.92 Å². The molecule has 23 heavy (non-hydrogen) atoms. The molecule has 0 spiro atoms. The van der Waals surface area contributed by atoms with Gasteiger partial charge in [0.15, 0.2) is 5.78 Å². The topological polar surface area (TPSA) is 60.4 Å². The van der Waals surface area contributed by atoms with Gasteiger partial charge in [0.05, 0.1) is 16.2 Å². The second kappa shape index (κ2) is 9.02. The quantitative estimate of drug-likeness (QED) is 0.363. The predicted octanol–water partition coefficient (Wildman–Crippen LogP) is 3.71. The van der Waals surface area contributed by atoms with Gasteiger partial charge < -0.3 is 9.30 Å². The van der Waals surface area contributed by atoms with Crippen molar-refractivity contribution in [1.82, 2.24) is 0 Å². The normalized spacial score (nSPS) is 15.7. The van der Waals surface area contributed by atoms with Crippen molar-refractivity contribution >= 4 is 20.9 Å². The lowest BCUT2D eigenvalue weighted by molar-refractivity contribution is -0.145. The van der Waals surface area contributed by atoms with Gasteiger partial charge in [0.25, 0.3) is 0 Å². The summed E-state index contributed by atoms with van der Waals surface area (Å²) >= 11 is 0. The van der Waals surface area contributed by atoms with Gasteiger partial charge in [-0.05, 0) is 50.7 Å². The number of carbonyl (C=O) groups excluding carboxylic acids is 2. The Balaban J connectivity index is 0.00000127. The summed E-state index contributed by atoms with van der Waals surface area (Å²) in [6.45, 7) is 5.90. The third-order valence-electron chi connectivity index (χ3n) is 4.53. The van der Waals surface area contributed by atoms with Crippen molar-refractivity contribution < 1.29 is 18.9 Å². The molecule has 0 saturated heterocycles. The van der Waals surface area contributed by atoms with E-state index in [4.69, 9.17) is 9.30 Å². The number of Topliss-reactive ketones (excluding diaryl/α,β-unsaturated/α-hetero) is 1. The van der Waals surface area contributed by atoms with E-state index in [-0.39, 0.29) is 17.7 Å². The number of carbonyl (C=O) groups is 2. The number of benzene rings is 1. The molecule has 0 aliphatic heterocycles. The van der Waals surface area contributed by atoms with Crippen LogP contribution in [0.15, 0.2) is 12.1 Å². The molecule has 1 aliphatic carbocycles. The molecule has 0 heterocycles. The molecule has 2 atom stereocenters. The van der Waals surface area contributed by atoms with E-state index in [0.29, 0.717) is 14.7 Å². The third kappa shape index (κ3) is 4.54. The minimum Gasteiger partial charge on any atom is -0.468 e. The zero-order valence-corrected chi connectivity index (χ0v) is 15.9. The maximum absolute atomic E-state index is 13.0. The van der Waals surface area contributed by atoms with Crippen LogP contribution < -0.4 is 0 Å². The zero-order valence-electron chi connectivity index (χ0n) is 14.5. The van der Waals surface area contributed by atoms with Crippen LogP contribution in [0.5, 0.6) is 0 Å². The summed E-state index contributed by atoms with van der Waals surface area (Å²) < 4.78 is 13.2. The van der Waals surface area contributed by atoms with Crippen molar-refractivity contribution in [2.45, 2.75) is 46.5 Å². The maximum atomic E-state index is 13.0. The largest absolute Gasteiger partial charge is 0.468 e. The van der Waals surface area contributed by atoms with Crippen molar-refractivity contribution in [3.05, 3.63) is 34.4 Å². The molecule has 0 bridgehead atoms. The average Bonchev–Trinajstić information content (AvgIpc) is 3.02. The van der Waals surface area contributed by atoms with Crippen LogP contribution in [0, 0.1) is 32.6 Å². The van der Waals surface area contributed by atoms with Crippen LogP contribution in [0.1, 0.15) is 52.7 Å². The van der Waals surface area contributed by atoms with E-state index in [2.05, 4.69) is 0 Å². The monoisotopic (exact) mass is 338 g/mol. The first kappa shape index (κ1) is 19.6. The van der Waals surface area contributed by atoms with Gasteiger partial charge in [-0.15, -0.1) is 0 Å². The Morgan fingerprint density at radius 3 is 2.00 bits per heavy atom. The Kier molecular flexibility index (Phi) is 7.70. The maximum Gasteiger partial charge on any atom is 0.316 e. The molecule has 0 N–H and O–H groups in total. The minimum absolute atomic E-state index is 0.0660. The van der Waals surface area contributed by atoms with Gasteiger partial charge in [0.2, 0.25) is 0 Å². The van der Waals surface area contributed by atoms with E-state index in [0.717, 1.165) is 42.4 Å². The fourth-order valence-electron chi connectivity index (χ4n) is 3.66. The molecule has 1 aromatic carbocycles. The number of aryl methyl sites for hydroxylation is 3. The van der Waals surface area contributed by atoms with Gasteiger partial charge in [0, 0.05) is 5.56 Å². The third-order valence-corrected chi connectivity index (χ3v) is 4.53. The highest BCUT2D eigenvalue weighted by Gasteiger charge is 2.38. The Morgan fingerprint density at radius 2 is 1.57 bits per heavy atom. The molecule has 2 rings (SSSR count). The summed E-state index contributed by atoms with van der Waals surface area (Å²) in [4.78, 5) is 25.1. The highest BCUT2D eigenvalue weighted by Crippen LogP contribution is 2.35. The number of esters is 1. The number of ketones is 1. The van der Waals surface area contributed by atoms with Gasteiger partial charge in [-0.2, -0.15) is 0 Å². The van der Waals surface area contributed by atoms with Crippen LogP contribution in [0.4, 0.5) is 0 Å². The van der Waals surface area contributed by atoms with E-state index in [9.17, 15) is 9.59 Å². The fraction of sp³-hybridized carbons (Fsp3) is 0.556. The molecule has 1 fully saturated rings. The molecular weight excluding hydrogens is 311 g/mol. The summed E-state index contributed by atoms with van der Waals surface area (Å²) in [5, 5.41) is 0. The summed E-state index contributed by atoms with van der Waals surface area (Å²) in [5.41, 5.74) is 3.73. The lowest BCUT2D eigenvalue weighted by atomic mass is 9.82. The smallest absolute Gasteiger partial charge is 0.316 e. The predicted molar refractivity (Wildman–Crippen MR) is 94.2 cm³/mol. The molecule has 0 amide bonds. The second-order valence-corrected chi connectivity index (χ2v) is 6.18. The van der Waals surface area contributed by atoms with E-state index in [1.807, 2.05) is 32.9 Å². The standard InChI is InChI=1S/C18H24O3.H3OP/c1-11-9-12(2)15(13(3)10-11)17(19)16(18(20)21-4)14-7-5-6-8-14;1-2/h9-10,14,16H,5-8H2,1-4H3;2H3. The van der Waals surface area contributed by atoms with Crippen molar-refractivity contribution in [2.75, 3.05) is 7.11 Å². The molecule has 128 valence electrons. The number of hydrogen-bond donors (Lipinski definition) is 0. The molecule has 0 radical (unpaired) electrons. The van der Waals surface area contributed by atoms with Crippen LogP contribution in [0.2, 0.25) is 0 Å². The summed E-state index contributed by atoms with van der Waals surface area (Å²) in [6, 6.07) is 4.01. The molecule has 2 unspecified atom stereocenters. The number of hydrogen-bond acceptors (Lipinski definition) is 4. The Morgan fingerprint density at radius 1 is 1.09 bits per heavy atom. The fourth-order valence-corrected chi connectivity index (χ4v) is 3.66. The van der Waals surface area contributed by atoms with E-state index < -0.39 is 5.92 Å². The molecule has 1 aliphatic rings. The van der Waals surface area contributed by atoms with Crippen LogP contribution >= 0.6 is 9.12 Å². The van der Waals surface area contributed by atoms with Crippen molar-refractivity contribution in [3.8, 4) is 0 Å². The van der Waals surface area contributed by atoms with Crippen LogP contribution in [0.3, 0.4) is 0 Å². The molecule has 1 saturated carbocycles. The van der Waals surface area contributed by atoms with Crippen LogP contribution in [-0.4, -0.2) is 18.9 Å². The van der Waals surface area contributed by atoms with Gasteiger partial charge in [-0.3, -0.25) is 9.59 Å². The average molecular weight is 338 g/mol. The van der Waals surface area contributed by atoms with Gasteiger partial charge in [-0.25, -0.2) is 0 Å². The van der Waals surface area contributed by atoms with Crippen molar-refractivity contribution in [3.63, 3.8) is 0 Å². The van der Waals surface area contributed by atoms with E-state index in [1.54, 1.807) is 0 Å². The SMILES string of the molecule is COC(=O)C(C(=O)c1c(C)cc(C)cc1C)C1CCCC1.O=[PH3].